The van der Waals surface area contributed by atoms with Crippen LogP contribution in [0.15, 0.2) is 41.6 Å². The van der Waals surface area contributed by atoms with Crippen molar-refractivity contribution in [2.45, 2.75) is 32.0 Å². The third kappa shape index (κ3) is 6.22. The van der Waals surface area contributed by atoms with E-state index < -0.39 is 17.8 Å². The van der Waals surface area contributed by atoms with Crippen molar-refractivity contribution in [2.24, 2.45) is 7.05 Å². The molecule has 1 atom stereocenters. The number of aromatic nitrogens is 3. The first-order chi connectivity index (χ1) is 17.1. The number of nitrogens with one attached hydrogen (secondary N) is 1. The van der Waals surface area contributed by atoms with E-state index in [0.29, 0.717) is 11.0 Å². The third-order valence-electron chi connectivity index (χ3n) is 5.32. The zero-order valence-corrected chi connectivity index (χ0v) is 21.8. The second-order valence-electron chi connectivity index (χ2n) is 8.01. The van der Waals surface area contributed by atoms with Crippen LogP contribution in [0.1, 0.15) is 50.7 Å². The fraction of sp³-hybridized carbons (Fsp3) is 0.320. The van der Waals surface area contributed by atoms with Crippen molar-refractivity contribution in [3.63, 3.8) is 0 Å². The van der Waals surface area contributed by atoms with Crippen molar-refractivity contribution in [1.82, 2.24) is 14.8 Å². The monoisotopic (exact) mass is 512 g/mol. The van der Waals surface area contributed by atoms with Gasteiger partial charge in [0.15, 0.2) is 17.1 Å². The maximum absolute atomic E-state index is 12.7. The van der Waals surface area contributed by atoms with E-state index in [1.165, 1.54) is 44.2 Å². The number of carbonyl (C=O) groups excluding carboxylic acids is 3. The molecule has 0 aliphatic carbocycles. The highest BCUT2D eigenvalue weighted by Gasteiger charge is 2.20. The average Bonchev–Trinajstić information content (AvgIpc) is 3.23. The minimum atomic E-state index is -0.648. The van der Waals surface area contributed by atoms with Gasteiger partial charge in [0.1, 0.15) is 5.75 Å². The summed E-state index contributed by atoms with van der Waals surface area (Å²) in [6, 6.07) is 10.1. The Morgan fingerprint density at radius 3 is 2.42 bits per heavy atom. The minimum absolute atomic E-state index is 0.0126. The van der Waals surface area contributed by atoms with Gasteiger partial charge < -0.3 is 24.1 Å². The standard InChI is InChI=1S/C25H28N4O6S/c1-14-7-10-20(15(2)11-14)35-16(3)22-27-28-25(29(22)4)36-13-21(30)26-19-12-17(23(31)33-5)8-9-18(19)24(32)34-6/h7-12,16H,13H2,1-6H3,(H,26,30). The largest absolute Gasteiger partial charge is 0.482 e. The van der Waals surface area contributed by atoms with Crippen LogP contribution in [-0.2, 0) is 21.3 Å². The number of nitrogens with zero attached hydrogens (tertiary/aromatic N) is 3. The molecular formula is C25H28N4O6S. The molecule has 3 aromatic rings. The second-order valence-corrected chi connectivity index (χ2v) is 8.95. The van der Waals surface area contributed by atoms with E-state index in [1.807, 2.05) is 39.0 Å². The predicted molar refractivity (Wildman–Crippen MR) is 134 cm³/mol. The molecule has 11 heteroatoms. The molecule has 0 radical (unpaired) electrons. The van der Waals surface area contributed by atoms with E-state index in [9.17, 15) is 14.4 Å². The lowest BCUT2D eigenvalue weighted by atomic mass is 10.1. The van der Waals surface area contributed by atoms with Gasteiger partial charge in [-0.2, -0.15) is 0 Å². The summed E-state index contributed by atoms with van der Waals surface area (Å²) in [6.45, 7) is 5.89. The number of amides is 1. The van der Waals surface area contributed by atoms with Crippen molar-refractivity contribution in [3.05, 3.63) is 64.5 Å². The summed E-state index contributed by atoms with van der Waals surface area (Å²) in [5, 5.41) is 11.6. The fourth-order valence-corrected chi connectivity index (χ4v) is 4.20. The van der Waals surface area contributed by atoms with Gasteiger partial charge in [-0.1, -0.05) is 29.5 Å². The number of anilines is 1. The van der Waals surface area contributed by atoms with Crippen LogP contribution in [0.25, 0.3) is 0 Å². The van der Waals surface area contributed by atoms with Crippen LogP contribution in [0.2, 0.25) is 0 Å². The molecule has 0 fully saturated rings. The molecular weight excluding hydrogens is 484 g/mol. The molecule has 0 saturated carbocycles. The molecule has 1 heterocycles. The number of hydrogen-bond donors (Lipinski definition) is 1. The molecule has 3 rings (SSSR count). The maximum atomic E-state index is 12.7. The minimum Gasteiger partial charge on any atom is -0.482 e. The van der Waals surface area contributed by atoms with Crippen molar-refractivity contribution >= 4 is 35.3 Å². The van der Waals surface area contributed by atoms with E-state index in [-0.39, 0.29) is 28.7 Å². The normalized spacial score (nSPS) is 11.5. The molecule has 2 aromatic carbocycles. The van der Waals surface area contributed by atoms with E-state index in [4.69, 9.17) is 14.2 Å². The van der Waals surface area contributed by atoms with E-state index in [1.54, 1.807) is 11.6 Å². The molecule has 190 valence electrons. The van der Waals surface area contributed by atoms with Gasteiger partial charge in [-0.15, -0.1) is 10.2 Å². The Balaban J connectivity index is 1.68. The Morgan fingerprint density at radius 1 is 1.03 bits per heavy atom. The molecule has 0 spiro atoms. The summed E-state index contributed by atoms with van der Waals surface area (Å²) in [5.74, 6) is -0.292. The summed E-state index contributed by atoms with van der Waals surface area (Å²) in [4.78, 5) is 36.6. The molecule has 0 bridgehead atoms. The number of carbonyl (C=O) groups is 3. The molecule has 1 aromatic heterocycles. The Kier molecular flexibility index (Phi) is 8.70. The Labute approximate surface area is 213 Å². The smallest absolute Gasteiger partial charge is 0.339 e. The van der Waals surface area contributed by atoms with Crippen molar-refractivity contribution < 1.29 is 28.6 Å². The van der Waals surface area contributed by atoms with Crippen LogP contribution in [0.5, 0.6) is 5.75 Å². The number of benzene rings is 2. The number of thioether (sulfide) groups is 1. The predicted octanol–water partition coefficient (Wildman–Crippen LogP) is 3.88. The summed E-state index contributed by atoms with van der Waals surface area (Å²) < 4.78 is 17.3. The van der Waals surface area contributed by atoms with Gasteiger partial charge >= 0.3 is 11.9 Å². The lowest BCUT2D eigenvalue weighted by Crippen LogP contribution is -2.18. The van der Waals surface area contributed by atoms with Gasteiger partial charge in [-0.25, -0.2) is 9.59 Å². The first-order valence-corrected chi connectivity index (χ1v) is 12.0. The van der Waals surface area contributed by atoms with Gasteiger partial charge in [-0.05, 0) is 50.6 Å². The summed E-state index contributed by atoms with van der Waals surface area (Å²) in [5.41, 5.74) is 2.62. The lowest BCUT2D eigenvalue weighted by molar-refractivity contribution is -0.113. The maximum Gasteiger partial charge on any atom is 0.339 e. The lowest BCUT2D eigenvalue weighted by Gasteiger charge is -2.16. The molecule has 36 heavy (non-hydrogen) atoms. The molecule has 0 saturated heterocycles. The van der Waals surface area contributed by atoms with Gasteiger partial charge in [0.25, 0.3) is 0 Å². The number of methoxy groups -OCH3 is 2. The quantitative estimate of drug-likeness (QED) is 0.336. The van der Waals surface area contributed by atoms with Gasteiger partial charge in [0.2, 0.25) is 5.91 Å². The van der Waals surface area contributed by atoms with Gasteiger partial charge in [-0.3, -0.25) is 4.79 Å². The van der Waals surface area contributed by atoms with E-state index in [2.05, 4.69) is 15.5 Å². The highest BCUT2D eigenvalue weighted by Crippen LogP contribution is 2.27. The van der Waals surface area contributed by atoms with Crippen LogP contribution in [0.4, 0.5) is 5.69 Å². The Bertz CT molecular complexity index is 1290. The molecule has 0 aliphatic heterocycles. The Morgan fingerprint density at radius 2 is 1.75 bits per heavy atom. The van der Waals surface area contributed by atoms with Crippen LogP contribution in [0, 0.1) is 13.8 Å². The number of aryl methyl sites for hydroxylation is 2. The zero-order valence-electron chi connectivity index (χ0n) is 20.9. The van der Waals surface area contributed by atoms with E-state index in [0.717, 1.165) is 16.9 Å². The molecule has 1 N–H and O–H groups in total. The molecule has 1 amide bonds. The second kappa shape index (κ2) is 11.7. The topological polar surface area (TPSA) is 122 Å². The van der Waals surface area contributed by atoms with Crippen molar-refractivity contribution in [2.75, 3.05) is 25.3 Å². The number of ether oxygens (including phenoxy) is 3. The number of esters is 2. The summed E-state index contributed by atoms with van der Waals surface area (Å²) in [7, 11) is 4.27. The highest BCUT2D eigenvalue weighted by molar-refractivity contribution is 7.99. The molecule has 10 nitrogen and oxygen atoms in total. The van der Waals surface area contributed by atoms with Crippen molar-refractivity contribution in [1.29, 1.82) is 0 Å². The zero-order chi connectivity index (χ0) is 26.4. The van der Waals surface area contributed by atoms with Crippen LogP contribution < -0.4 is 10.1 Å². The van der Waals surface area contributed by atoms with Gasteiger partial charge in [0.05, 0.1) is 36.8 Å². The molecule has 1 unspecified atom stereocenters. The molecule has 0 aliphatic rings. The fourth-order valence-electron chi connectivity index (χ4n) is 3.48. The Hall–Kier alpha value is -3.86. The van der Waals surface area contributed by atoms with E-state index >= 15 is 0 Å². The number of hydrogen-bond acceptors (Lipinski definition) is 9. The van der Waals surface area contributed by atoms with Gasteiger partial charge in [0, 0.05) is 7.05 Å². The van der Waals surface area contributed by atoms with Crippen LogP contribution in [-0.4, -0.2) is 52.6 Å². The van der Waals surface area contributed by atoms with Crippen molar-refractivity contribution in [3.8, 4) is 5.75 Å². The highest BCUT2D eigenvalue weighted by atomic mass is 32.2. The van der Waals surface area contributed by atoms with Crippen LogP contribution >= 0.6 is 11.8 Å². The third-order valence-corrected chi connectivity index (χ3v) is 6.34. The SMILES string of the molecule is COC(=O)c1ccc(C(=O)OC)c(NC(=O)CSc2nnc(C(C)Oc3ccc(C)cc3C)n2C)c1. The average molecular weight is 513 g/mol. The summed E-state index contributed by atoms with van der Waals surface area (Å²) >= 11 is 1.17. The number of rotatable bonds is 9. The first-order valence-electron chi connectivity index (χ1n) is 11.0. The summed E-state index contributed by atoms with van der Waals surface area (Å²) in [6.07, 6.45) is -0.365. The van der Waals surface area contributed by atoms with Crippen LogP contribution in [0.3, 0.4) is 0 Å². The first kappa shape index (κ1) is 26.7.